The van der Waals surface area contributed by atoms with Gasteiger partial charge in [-0.1, -0.05) is 25.5 Å². The van der Waals surface area contributed by atoms with Gasteiger partial charge in [0.1, 0.15) is 5.01 Å². The van der Waals surface area contributed by atoms with Crippen molar-refractivity contribution in [2.75, 3.05) is 25.5 Å². The van der Waals surface area contributed by atoms with Gasteiger partial charge in [0, 0.05) is 5.69 Å². The highest BCUT2D eigenvalue weighted by Gasteiger charge is 2.11. The van der Waals surface area contributed by atoms with Gasteiger partial charge in [-0.2, -0.15) is 0 Å². The van der Waals surface area contributed by atoms with E-state index in [0.717, 1.165) is 28.1 Å². The third kappa shape index (κ3) is 6.10. The van der Waals surface area contributed by atoms with Gasteiger partial charge >= 0.3 is 5.97 Å². The average Bonchev–Trinajstić information content (AvgIpc) is 3.10. The molecule has 0 radical (unpaired) electrons. The number of unbranched alkanes of at least 4 members (excludes halogenated alkanes) is 1. The van der Waals surface area contributed by atoms with Gasteiger partial charge < -0.3 is 10.1 Å². The molecule has 0 aliphatic rings. The molecule has 6 nitrogen and oxygen atoms in total. The third-order valence-electron chi connectivity index (χ3n) is 4.29. The molecule has 0 spiro atoms. The molecule has 0 aliphatic carbocycles. The highest BCUT2D eigenvalue weighted by molar-refractivity contribution is 7.18. The zero-order chi connectivity index (χ0) is 20.6. The number of nitrogens with zero attached hydrogens (tertiary/aromatic N) is 2. The van der Waals surface area contributed by atoms with Crippen LogP contribution in [0.3, 0.4) is 0 Å². The Morgan fingerprint density at radius 1 is 1.14 bits per heavy atom. The molecule has 0 aliphatic heterocycles. The Kier molecular flexibility index (Phi) is 7.32. The number of esters is 1. The van der Waals surface area contributed by atoms with Crippen molar-refractivity contribution in [3.05, 3.63) is 59.1 Å². The Hall–Kier alpha value is -2.77. The van der Waals surface area contributed by atoms with Gasteiger partial charge in [0.05, 0.1) is 35.5 Å². The van der Waals surface area contributed by atoms with Crippen molar-refractivity contribution < 1.29 is 14.3 Å². The maximum Gasteiger partial charge on any atom is 0.338 e. The molecule has 0 bridgehead atoms. The fraction of sp³-hybridized carbons (Fsp3) is 0.318. The lowest BCUT2D eigenvalue weighted by Crippen LogP contribution is -2.29. The molecule has 3 aromatic rings. The van der Waals surface area contributed by atoms with Crippen molar-refractivity contribution in [1.82, 2.24) is 9.88 Å². The summed E-state index contributed by atoms with van der Waals surface area (Å²) in [5, 5.41) is 3.83. The van der Waals surface area contributed by atoms with Crippen LogP contribution in [0, 0.1) is 0 Å². The lowest BCUT2D eigenvalue weighted by molar-refractivity contribution is -0.117. The molecule has 1 aromatic heterocycles. The molecule has 7 heteroatoms. The van der Waals surface area contributed by atoms with Gasteiger partial charge in [0.15, 0.2) is 0 Å². The van der Waals surface area contributed by atoms with E-state index < -0.39 is 0 Å². The van der Waals surface area contributed by atoms with Crippen LogP contribution in [-0.4, -0.2) is 42.0 Å². The number of hydrogen-bond donors (Lipinski definition) is 1. The SMILES string of the molecule is CCCCOC(=O)c1ccc(NC(=O)CN(C)Cc2nc3ccccc3s2)cc1. The largest absolute Gasteiger partial charge is 0.462 e. The van der Waals surface area contributed by atoms with Gasteiger partial charge in [-0.15, -0.1) is 11.3 Å². The predicted octanol–water partition coefficient (Wildman–Crippen LogP) is 4.32. The number of aromatic nitrogens is 1. The number of carbonyl (C=O) groups excluding carboxylic acids is 2. The Morgan fingerprint density at radius 3 is 2.62 bits per heavy atom. The standard InChI is InChI=1S/C22H25N3O3S/c1-3-4-13-28-22(27)16-9-11-17(12-10-16)23-20(26)14-25(2)15-21-24-18-7-5-6-8-19(18)29-21/h5-12H,3-4,13-15H2,1-2H3,(H,23,26). The molecular formula is C22H25N3O3S. The minimum atomic E-state index is -0.341. The molecule has 0 saturated heterocycles. The summed E-state index contributed by atoms with van der Waals surface area (Å²) < 4.78 is 6.33. The van der Waals surface area contributed by atoms with Crippen molar-refractivity contribution >= 4 is 39.1 Å². The summed E-state index contributed by atoms with van der Waals surface area (Å²) in [4.78, 5) is 30.8. The number of hydrogen-bond acceptors (Lipinski definition) is 6. The smallest absolute Gasteiger partial charge is 0.338 e. The van der Waals surface area contributed by atoms with Crippen LogP contribution in [0.25, 0.3) is 10.2 Å². The zero-order valence-electron chi connectivity index (χ0n) is 16.7. The first-order valence-corrected chi connectivity index (χ1v) is 10.5. The topological polar surface area (TPSA) is 71.5 Å². The van der Waals surface area contributed by atoms with Crippen molar-refractivity contribution in [2.24, 2.45) is 0 Å². The number of para-hydroxylation sites is 1. The molecule has 1 N–H and O–H groups in total. The molecular weight excluding hydrogens is 386 g/mol. The first-order chi connectivity index (χ1) is 14.0. The maximum absolute atomic E-state index is 12.3. The van der Waals surface area contributed by atoms with Crippen molar-refractivity contribution in [3.63, 3.8) is 0 Å². The van der Waals surface area contributed by atoms with E-state index >= 15 is 0 Å². The van der Waals surface area contributed by atoms with E-state index in [1.54, 1.807) is 35.6 Å². The Bertz CT molecular complexity index is 936. The van der Waals surface area contributed by atoms with Crippen LogP contribution < -0.4 is 5.32 Å². The van der Waals surface area contributed by atoms with Crippen molar-refractivity contribution in [3.8, 4) is 0 Å². The molecule has 0 fully saturated rings. The normalized spacial score (nSPS) is 11.0. The summed E-state index contributed by atoms with van der Waals surface area (Å²) in [6.07, 6.45) is 1.83. The van der Waals surface area contributed by atoms with E-state index in [-0.39, 0.29) is 18.4 Å². The van der Waals surface area contributed by atoms with E-state index in [1.807, 2.05) is 43.1 Å². The second-order valence-corrected chi connectivity index (χ2v) is 7.98. The summed E-state index contributed by atoms with van der Waals surface area (Å²) in [6.45, 7) is 3.32. The predicted molar refractivity (Wildman–Crippen MR) is 116 cm³/mol. The van der Waals surface area contributed by atoms with Crippen LogP contribution in [0.4, 0.5) is 5.69 Å². The monoisotopic (exact) mass is 411 g/mol. The van der Waals surface area contributed by atoms with Crippen LogP contribution in [0.5, 0.6) is 0 Å². The van der Waals surface area contributed by atoms with Crippen molar-refractivity contribution in [1.29, 1.82) is 0 Å². The van der Waals surface area contributed by atoms with Gasteiger partial charge in [-0.3, -0.25) is 9.69 Å². The fourth-order valence-corrected chi connectivity index (χ4v) is 3.85. The second kappa shape index (κ2) is 10.1. The van der Waals surface area contributed by atoms with Crippen LogP contribution in [0.15, 0.2) is 48.5 Å². The van der Waals surface area contributed by atoms with E-state index in [1.165, 1.54) is 0 Å². The number of thiazole rings is 1. The van der Waals surface area contributed by atoms with Crippen LogP contribution >= 0.6 is 11.3 Å². The number of benzene rings is 2. The molecule has 152 valence electrons. The lowest BCUT2D eigenvalue weighted by Gasteiger charge is -2.14. The number of fused-ring (bicyclic) bond motifs is 1. The first kappa shape index (κ1) is 21.0. The second-order valence-electron chi connectivity index (χ2n) is 6.86. The summed E-state index contributed by atoms with van der Waals surface area (Å²) in [5.41, 5.74) is 2.11. The minimum Gasteiger partial charge on any atom is -0.462 e. The number of carbonyl (C=O) groups is 2. The number of rotatable bonds is 9. The van der Waals surface area contributed by atoms with E-state index in [2.05, 4.69) is 10.3 Å². The van der Waals surface area contributed by atoms with Crippen LogP contribution in [-0.2, 0) is 16.1 Å². The summed E-state index contributed by atoms with van der Waals surface area (Å²) >= 11 is 1.64. The summed E-state index contributed by atoms with van der Waals surface area (Å²) in [5.74, 6) is -0.459. The molecule has 0 unspecified atom stereocenters. The van der Waals surface area contributed by atoms with Crippen LogP contribution in [0.1, 0.15) is 35.1 Å². The molecule has 0 saturated carbocycles. The molecule has 3 rings (SSSR count). The van der Waals surface area contributed by atoms with Crippen molar-refractivity contribution in [2.45, 2.75) is 26.3 Å². The third-order valence-corrected chi connectivity index (χ3v) is 5.31. The Labute approximate surface area is 174 Å². The Balaban J connectivity index is 1.48. The minimum absolute atomic E-state index is 0.119. The lowest BCUT2D eigenvalue weighted by atomic mass is 10.2. The number of likely N-dealkylation sites (N-methyl/N-ethyl adjacent to an activating group) is 1. The molecule has 2 aromatic carbocycles. The fourth-order valence-electron chi connectivity index (χ4n) is 2.80. The van der Waals surface area contributed by atoms with Gasteiger partial charge in [-0.05, 0) is 49.9 Å². The summed E-state index contributed by atoms with van der Waals surface area (Å²) in [6, 6.07) is 14.8. The number of nitrogens with one attached hydrogen (secondary N) is 1. The van der Waals surface area contributed by atoms with Crippen LogP contribution in [0.2, 0.25) is 0 Å². The molecule has 1 amide bonds. The zero-order valence-corrected chi connectivity index (χ0v) is 17.5. The number of ether oxygens (including phenoxy) is 1. The molecule has 29 heavy (non-hydrogen) atoms. The number of anilines is 1. The van der Waals surface area contributed by atoms with E-state index in [0.29, 0.717) is 24.4 Å². The average molecular weight is 412 g/mol. The van der Waals surface area contributed by atoms with Gasteiger partial charge in [0.2, 0.25) is 5.91 Å². The molecule has 1 heterocycles. The maximum atomic E-state index is 12.3. The van der Waals surface area contributed by atoms with E-state index in [4.69, 9.17) is 4.74 Å². The first-order valence-electron chi connectivity index (χ1n) is 9.65. The molecule has 0 atom stereocenters. The number of amides is 1. The van der Waals surface area contributed by atoms with E-state index in [9.17, 15) is 9.59 Å². The quantitative estimate of drug-likeness (QED) is 0.419. The highest BCUT2D eigenvalue weighted by atomic mass is 32.1. The Morgan fingerprint density at radius 2 is 1.90 bits per heavy atom. The highest BCUT2D eigenvalue weighted by Crippen LogP contribution is 2.22. The van der Waals surface area contributed by atoms with Gasteiger partial charge in [0.25, 0.3) is 0 Å². The summed E-state index contributed by atoms with van der Waals surface area (Å²) in [7, 11) is 1.89. The van der Waals surface area contributed by atoms with Gasteiger partial charge in [-0.25, -0.2) is 9.78 Å².